The molecule has 0 radical (unpaired) electrons. The predicted molar refractivity (Wildman–Crippen MR) is 67.4 cm³/mol. The third-order valence-electron chi connectivity index (χ3n) is 2.64. The van der Waals surface area contributed by atoms with E-state index in [-0.39, 0.29) is 0 Å². The number of aliphatic carboxylic acids is 1. The molecule has 1 heterocycles. The third kappa shape index (κ3) is 4.03. The van der Waals surface area contributed by atoms with Crippen LogP contribution in [0.1, 0.15) is 12.0 Å². The monoisotopic (exact) mass is 237 g/mol. The molecule has 0 aliphatic rings. The van der Waals surface area contributed by atoms with Gasteiger partial charge < -0.3 is 15.3 Å². The van der Waals surface area contributed by atoms with Gasteiger partial charge in [-0.1, -0.05) is 0 Å². The average Bonchev–Trinajstić information content (AvgIpc) is 2.29. The van der Waals surface area contributed by atoms with Crippen molar-refractivity contribution < 1.29 is 9.90 Å². The number of carboxylic acid groups (broad SMARTS) is 1. The zero-order chi connectivity index (χ0) is 12.8. The zero-order valence-corrected chi connectivity index (χ0v) is 10.5. The largest absolute Gasteiger partial charge is 0.480 e. The van der Waals surface area contributed by atoms with Gasteiger partial charge in [-0.25, -0.2) is 4.98 Å². The number of rotatable bonds is 6. The minimum Gasteiger partial charge on any atom is -0.480 e. The van der Waals surface area contributed by atoms with E-state index in [1.54, 1.807) is 13.2 Å². The van der Waals surface area contributed by atoms with Crippen molar-refractivity contribution in [2.24, 2.45) is 0 Å². The number of nitrogens with one attached hydrogen (secondary N) is 1. The number of pyridine rings is 1. The first-order valence-electron chi connectivity index (χ1n) is 5.57. The highest BCUT2D eigenvalue weighted by Crippen LogP contribution is 2.12. The highest BCUT2D eigenvalue weighted by atomic mass is 16.4. The Morgan fingerprint density at radius 3 is 2.82 bits per heavy atom. The molecule has 0 spiro atoms. The fraction of sp³-hybridized carbons (Fsp3) is 0.500. The van der Waals surface area contributed by atoms with Gasteiger partial charge in [-0.05, 0) is 37.6 Å². The van der Waals surface area contributed by atoms with Crippen LogP contribution >= 0.6 is 0 Å². The minimum atomic E-state index is -0.811. The van der Waals surface area contributed by atoms with Crippen LogP contribution in [0.25, 0.3) is 0 Å². The van der Waals surface area contributed by atoms with Crippen molar-refractivity contribution in [3.63, 3.8) is 0 Å². The molecule has 1 unspecified atom stereocenters. The quantitative estimate of drug-likeness (QED) is 0.764. The molecule has 0 saturated carbocycles. The molecule has 1 rings (SSSR count). The van der Waals surface area contributed by atoms with Crippen molar-refractivity contribution in [2.45, 2.75) is 18.9 Å². The molecule has 0 aliphatic carbocycles. The Morgan fingerprint density at radius 1 is 1.59 bits per heavy atom. The van der Waals surface area contributed by atoms with Gasteiger partial charge in [0.1, 0.15) is 11.9 Å². The maximum absolute atomic E-state index is 10.8. The SMILES string of the molecule is CNC(CCc1ccnc(N(C)C)c1)C(=O)O. The van der Waals surface area contributed by atoms with Gasteiger partial charge in [-0.15, -0.1) is 0 Å². The summed E-state index contributed by atoms with van der Waals surface area (Å²) in [5.41, 5.74) is 1.10. The molecule has 2 N–H and O–H groups in total. The van der Waals surface area contributed by atoms with Gasteiger partial charge in [0.05, 0.1) is 0 Å². The minimum absolute atomic E-state index is 0.494. The predicted octanol–water partition coefficient (Wildman–Crippen LogP) is 0.753. The normalized spacial score (nSPS) is 12.2. The summed E-state index contributed by atoms with van der Waals surface area (Å²) in [6.07, 6.45) is 3.05. The van der Waals surface area contributed by atoms with Gasteiger partial charge in [-0.3, -0.25) is 4.79 Å². The van der Waals surface area contributed by atoms with Crippen LogP contribution in [0.2, 0.25) is 0 Å². The van der Waals surface area contributed by atoms with Crippen LogP contribution in [0.5, 0.6) is 0 Å². The first kappa shape index (κ1) is 13.4. The average molecular weight is 237 g/mol. The van der Waals surface area contributed by atoms with Crippen molar-refractivity contribution in [2.75, 3.05) is 26.0 Å². The lowest BCUT2D eigenvalue weighted by Crippen LogP contribution is -2.34. The second-order valence-electron chi connectivity index (χ2n) is 4.13. The van der Waals surface area contributed by atoms with Gasteiger partial charge in [0, 0.05) is 20.3 Å². The van der Waals surface area contributed by atoms with E-state index in [1.807, 2.05) is 31.1 Å². The second-order valence-corrected chi connectivity index (χ2v) is 4.13. The number of hydrogen-bond donors (Lipinski definition) is 2. The molecular weight excluding hydrogens is 218 g/mol. The van der Waals surface area contributed by atoms with Crippen LogP contribution in [0.15, 0.2) is 18.3 Å². The number of nitrogens with zero attached hydrogens (tertiary/aromatic N) is 2. The first-order valence-corrected chi connectivity index (χ1v) is 5.57. The van der Waals surface area contributed by atoms with Crippen LogP contribution in [0.3, 0.4) is 0 Å². The van der Waals surface area contributed by atoms with Crippen molar-refractivity contribution in [3.8, 4) is 0 Å². The lowest BCUT2D eigenvalue weighted by molar-refractivity contribution is -0.139. The summed E-state index contributed by atoms with van der Waals surface area (Å²) >= 11 is 0. The topological polar surface area (TPSA) is 65.5 Å². The van der Waals surface area contributed by atoms with Gasteiger partial charge in [0.15, 0.2) is 0 Å². The van der Waals surface area contributed by atoms with Gasteiger partial charge in [0.2, 0.25) is 0 Å². The van der Waals surface area contributed by atoms with E-state index in [0.29, 0.717) is 6.42 Å². The van der Waals surface area contributed by atoms with E-state index in [4.69, 9.17) is 5.11 Å². The van der Waals surface area contributed by atoms with E-state index in [2.05, 4.69) is 10.3 Å². The van der Waals surface area contributed by atoms with E-state index in [1.165, 1.54) is 0 Å². The Balaban J connectivity index is 2.62. The number of aromatic nitrogens is 1. The van der Waals surface area contributed by atoms with Crippen LogP contribution in [-0.4, -0.2) is 43.2 Å². The highest BCUT2D eigenvalue weighted by molar-refractivity contribution is 5.73. The maximum atomic E-state index is 10.8. The Kier molecular flexibility index (Phi) is 4.90. The Labute approximate surface area is 101 Å². The summed E-state index contributed by atoms with van der Waals surface area (Å²) in [6.45, 7) is 0. The van der Waals surface area contributed by atoms with Gasteiger partial charge in [0.25, 0.3) is 0 Å². The summed E-state index contributed by atoms with van der Waals surface area (Å²) in [4.78, 5) is 17.0. The van der Waals surface area contributed by atoms with Crippen molar-refractivity contribution in [1.29, 1.82) is 0 Å². The van der Waals surface area contributed by atoms with E-state index in [9.17, 15) is 4.79 Å². The Bertz CT molecular complexity index is 380. The van der Waals surface area contributed by atoms with E-state index >= 15 is 0 Å². The van der Waals surface area contributed by atoms with E-state index < -0.39 is 12.0 Å². The summed E-state index contributed by atoms with van der Waals surface area (Å²) in [5.74, 6) is 0.0771. The maximum Gasteiger partial charge on any atom is 0.320 e. The fourth-order valence-electron chi connectivity index (χ4n) is 1.56. The molecular formula is C12H19N3O2. The standard InChI is InChI=1S/C12H19N3O2/c1-13-10(12(16)17)5-4-9-6-7-14-11(8-9)15(2)3/h6-8,10,13H,4-5H2,1-3H3,(H,16,17). The molecule has 1 aromatic heterocycles. The molecule has 5 heteroatoms. The first-order chi connectivity index (χ1) is 8.04. The number of aryl methyl sites for hydroxylation is 1. The molecule has 0 fully saturated rings. The molecule has 94 valence electrons. The van der Waals surface area contributed by atoms with Crippen LogP contribution in [-0.2, 0) is 11.2 Å². The summed E-state index contributed by atoms with van der Waals surface area (Å²) < 4.78 is 0. The zero-order valence-electron chi connectivity index (χ0n) is 10.5. The summed E-state index contributed by atoms with van der Waals surface area (Å²) in [6, 6.07) is 3.40. The van der Waals surface area contributed by atoms with Crippen molar-refractivity contribution in [1.82, 2.24) is 10.3 Å². The number of carbonyl (C=O) groups is 1. The lowest BCUT2D eigenvalue weighted by atomic mass is 10.1. The molecule has 0 saturated heterocycles. The highest BCUT2D eigenvalue weighted by Gasteiger charge is 2.14. The Hall–Kier alpha value is -1.62. The van der Waals surface area contributed by atoms with Crippen LogP contribution in [0.4, 0.5) is 5.82 Å². The summed E-state index contributed by atoms with van der Waals surface area (Å²) in [5, 5.41) is 11.7. The molecule has 5 nitrogen and oxygen atoms in total. The number of carboxylic acids is 1. The number of likely N-dealkylation sites (N-methyl/N-ethyl adjacent to an activating group) is 1. The van der Waals surface area contributed by atoms with Crippen LogP contribution < -0.4 is 10.2 Å². The Morgan fingerprint density at radius 2 is 2.29 bits per heavy atom. The lowest BCUT2D eigenvalue weighted by Gasteiger charge is -2.13. The molecule has 0 aliphatic heterocycles. The fourth-order valence-corrected chi connectivity index (χ4v) is 1.56. The van der Waals surface area contributed by atoms with Crippen molar-refractivity contribution in [3.05, 3.63) is 23.9 Å². The van der Waals surface area contributed by atoms with Crippen molar-refractivity contribution >= 4 is 11.8 Å². The summed E-state index contributed by atoms with van der Waals surface area (Å²) in [7, 11) is 5.52. The van der Waals surface area contributed by atoms with Crippen LogP contribution in [0, 0.1) is 0 Å². The molecule has 0 amide bonds. The smallest absolute Gasteiger partial charge is 0.320 e. The van der Waals surface area contributed by atoms with Gasteiger partial charge in [-0.2, -0.15) is 0 Å². The molecule has 0 bridgehead atoms. The molecule has 1 atom stereocenters. The third-order valence-corrected chi connectivity index (χ3v) is 2.64. The van der Waals surface area contributed by atoms with Gasteiger partial charge >= 0.3 is 5.97 Å². The molecule has 1 aromatic rings. The number of anilines is 1. The number of hydrogen-bond acceptors (Lipinski definition) is 4. The molecule has 17 heavy (non-hydrogen) atoms. The molecule has 0 aromatic carbocycles. The van der Waals surface area contributed by atoms with E-state index in [0.717, 1.165) is 17.8 Å². The second kappa shape index (κ2) is 6.20.